The first-order valence-electron chi connectivity index (χ1n) is 6.18. The quantitative estimate of drug-likeness (QED) is 0.512. The maximum Gasteiger partial charge on any atom is 0.0503 e. The van der Waals surface area contributed by atoms with E-state index in [-0.39, 0.29) is 8.80 Å². The third-order valence-corrected chi connectivity index (χ3v) is 10.7. The summed E-state index contributed by atoms with van der Waals surface area (Å²) in [5, 5.41) is 3.46. The molecule has 3 rings (SSSR count). The zero-order chi connectivity index (χ0) is 11.1. The van der Waals surface area contributed by atoms with Crippen LogP contribution in [0.4, 0.5) is 0 Å². The van der Waals surface area contributed by atoms with Gasteiger partial charge in [0.25, 0.3) is 0 Å². The minimum absolute atomic E-state index is 0.374. The second-order valence-corrected chi connectivity index (χ2v) is 10.4. The lowest BCUT2D eigenvalue weighted by atomic mass is 10.4. The van der Waals surface area contributed by atoms with Crippen molar-refractivity contribution in [2.75, 3.05) is 0 Å². The first-order valence-corrected chi connectivity index (χ1v) is 9.75. The fourth-order valence-electron chi connectivity index (χ4n) is 3.16. The van der Waals surface area contributed by atoms with Crippen LogP contribution in [0.15, 0.2) is 34.7 Å². The van der Waals surface area contributed by atoms with E-state index in [0.29, 0.717) is 5.54 Å². The molecule has 0 nitrogen and oxygen atoms in total. The molecule has 0 aromatic rings. The molecule has 1 saturated heterocycles. The fraction of sp³-hybridized carbons (Fsp3) is 0.429. The van der Waals surface area contributed by atoms with Crippen molar-refractivity contribution in [2.24, 2.45) is 0 Å². The van der Waals surface area contributed by atoms with E-state index in [0.717, 1.165) is 5.54 Å². The Morgan fingerprint density at radius 1 is 1.25 bits per heavy atom. The maximum atomic E-state index is 3.60. The van der Waals surface area contributed by atoms with Crippen molar-refractivity contribution in [3.8, 4) is 0 Å². The molecule has 0 aromatic heterocycles. The van der Waals surface area contributed by atoms with E-state index >= 15 is 0 Å². The van der Waals surface area contributed by atoms with Gasteiger partial charge >= 0.3 is 0 Å². The number of fused-ring (bicyclic) bond motifs is 2. The van der Waals surface area contributed by atoms with Crippen LogP contribution in [0, 0.1) is 12.2 Å². The van der Waals surface area contributed by atoms with Crippen molar-refractivity contribution in [2.45, 2.75) is 37.0 Å². The van der Waals surface area contributed by atoms with E-state index in [1.54, 1.807) is 10.4 Å². The van der Waals surface area contributed by atoms with Gasteiger partial charge in [-0.05, 0) is 0 Å². The van der Waals surface area contributed by atoms with E-state index in [9.17, 15) is 0 Å². The molecule has 1 heterocycles. The van der Waals surface area contributed by atoms with Gasteiger partial charge in [-0.15, -0.1) is 5.54 Å². The highest BCUT2D eigenvalue weighted by molar-refractivity contribution is 6.83. The van der Waals surface area contributed by atoms with Crippen LogP contribution in [0.2, 0.25) is 23.2 Å². The Kier molecular flexibility index (Phi) is 2.64. The van der Waals surface area contributed by atoms with Gasteiger partial charge in [0.05, 0.1) is 8.80 Å². The zero-order valence-electron chi connectivity index (χ0n) is 9.88. The van der Waals surface area contributed by atoms with Crippen LogP contribution in [-0.2, 0) is 0 Å². The Balaban J connectivity index is 2.03. The molecule has 1 fully saturated rings. The van der Waals surface area contributed by atoms with Crippen molar-refractivity contribution in [3.63, 3.8) is 0 Å². The predicted molar refractivity (Wildman–Crippen MR) is 71.8 cm³/mol. The monoisotopic (exact) mass is 240 g/mol. The SMILES string of the molecule is CC[Si]1C2=[C-]C=CC2[Si](CC)C2=CC=[C-]C21. The minimum atomic E-state index is -0.423. The molecule has 2 atom stereocenters. The number of allylic oxidation sites excluding steroid dienone is 8. The lowest BCUT2D eigenvalue weighted by Gasteiger charge is -2.47. The Bertz CT molecular complexity index is 374. The molecule has 0 bridgehead atoms. The summed E-state index contributed by atoms with van der Waals surface area (Å²) in [4.78, 5) is 0. The van der Waals surface area contributed by atoms with Crippen molar-refractivity contribution >= 4 is 17.6 Å². The highest BCUT2D eigenvalue weighted by Crippen LogP contribution is 2.49. The summed E-state index contributed by atoms with van der Waals surface area (Å²) < 4.78 is 0. The second kappa shape index (κ2) is 4.00. The molecular weight excluding hydrogens is 224 g/mol. The van der Waals surface area contributed by atoms with Gasteiger partial charge in [-0.25, -0.2) is 24.3 Å². The smallest absolute Gasteiger partial charge is 0.0503 e. The average Bonchev–Trinajstić information content (AvgIpc) is 2.93. The van der Waals surface area contributed by atoms with Crippen LogP contribution in [0.3, 0.4) is 0 Å². The zero-order valence-corrected chi connectivity index (χ0v) is 11.9. The Morgan fingerprint density at radius 3 is 2.81 bits per heavy atom. The molecule has 2 aliphatic carbocycles. The molecule has 2 radical (unpaired) electrons. The van der Waals surface area contributed by atoms with Crippen LogP contribution < -0.4 is 0 Å². The van der Waals surface area contributed by atoms with Gasteiger partial charge in [0.2, 0.25) is 0 Å². The van der Waals surface area contributed by atoms with Gasteiger partial charge in [-0.3, -0.25) is 12.2 Å². The van der Waals surface area contributed by atoms with E-state index in [2.05, 4.69) is 50.3 Å². The average molecular weight is 240 g/mol. The molecule has 0 amide bonds. The van der Waals surface area contributed by atoms with Crippen molar-refractivity contribution in [1.29, 1.82) is 0 Å². The molecule has 82 valence electrons. The standard InChI is InChI=1S/C14H16Si2/c1-3-15-11-7-5-9-13(11)16(4-2)14-10-6-8-12(14)15/h5-8,11,14H,3-4H2,1-2H3/q-2. The van der Waals surface area contributed by atoms with E-state index in [1.165, 1.54) is 12.1 Å². The van der Waals surface area contributed by atoms with Crippen LogP contribution in [0.1, 0.15) is 13.8 Å². The first kappa shape index (κ1) is 10.5. The Labute approximate surface area is 102 Å². The third kappa shape index (κ3) is 1.33. The number of hydrogen-bond acceptors (Lipinski definition) is 0. The molecular formula is C14H16Si2-2. The molecule has 16 heavy (non-hydrogen) atoms. The van der Waals surface area contributed by atoms with E-state index in [4.69, 9.17) is 0 Å². The van der Waals surface area contributed by atoms with Crippen LogP contribution in [-0.4, -0.2) is 17.6 Å². The first-order chi connectivity index (χ1) is 7.86. The minimum Gasteiger partial charge on any atom is -0.272 e. The molecule has 0 spiro atoms. The third-order valence-electron chi connectivity index (χ3n) is 3.88. The largest absolute Gasteiger partial charge is 0.272 e. The summed E-state index contributed by atoms with van der Waals surface area (Å²) >= 11 is 0. The molecule has 0 N–H and O–H groups in total. The topological polar surface area (TPSA) is 0 Å². The van der Waals surface area contributed by atoms with Crippen LogP contribution in [0.25, 0.3) is 0 Å². The number of hydrogen-bond donors (Lipinski definition) is 0. The summed E-state index contributed by atoms with van der Waals surface area (Å²) in [6.45, 7) is 4.71. The predicted octanol–water partition coefficient (Wildman–Crippen LogP) is 3.45. The normalized spacial score (nSPS) is 32.6. The fourth-order valence-corrected chi connectivity index (χ4v) is 10.7. The van der Waals surface area contributed by atoms with Gasteiger partial charge < -0.3 is 0 Å². The lowest BCUT2D eigenvalue weighted by Crippen LogP contribution is -2.39. The summed E-state index contributed by atoms with van der Waals surface area (Å²) in [6, 6.07) is 2.68. The molecule has 2 unspecified atom stereocenters. The summed E-state index contributed by atoms with van der Waals surface area (Å²) in [5.41, 5.74) is 1.47. The lowest BCUT2D eigenvalue weighted by molar-refractivity contribution is 1.10. The van der Waals surface area contributed by atoms with Gasteiger partial charge in [0.1, 0.15) is 0 Å². The highest BCUT2D eigenvalue weighted by atomic mass is 28.3. The molecule has 0 saturated carbocycles. The van der Waals surface area contributed by atoms with Gasteiger partial charge in [-0.2, -0.15) is 10.4 Å². The molecule has 2 heteroatoms. The number of rotatable bonds is 2. The van der Waals surface area contributed by atoms with Gasteiger partial charge in [0.15, 0.2) is 0 Å². The second-order valence-electron chi connectivity index (χ2n) is 4.54. The van der Waals surface area contributed by atoms with Crippen LogP contribution in [0.5, 0.6) is 0 Å². The van der Waals surface area contributed by atoms with Crippen molar-refractivity contribution < 1.29 is 0 Å². The summed E-state index contributed by atoms with van der Waals surface area (Å²) in [7, 11) is -0.797. The Hall–Kier alpha value is -0.606. The van der Waals surface area contributed by atoms with E-state index in [1.807, 2.05) is 0 Å². The van der Waals surface area contributed by atoms with Gasteiger partial charge in [-0.1, -0.05) is 31.5 Å². The highest BCUT2D eigenvalue weighted by Gasteiger charge is 2.35. The summed E-state index contributed by atoms with van der Waals surface area (Å²) in [5.74, 6) is 0. The van der Waals surface area contributed by atoms with Gasteiger partial charge in [0, 0.05) is 8.80 Å². The molecule has 3 aliphatic rings. The Morgan fingerprint density at radius 2 is 2.06 bits per heavy atom. The van der Waals surface area contributed by atoms with E-state index < -0.39 is 8.80 Å². The molecule has 1 aliphatic heterocycles. The van der Waals surface area contributed by atoms with Crippen molar-refractivity contribution in [1.82, 2.24) is 0 Å². The molecule has 0 aromatic carbocycles. The summed E-state index contributed by atoms with van der Waals surface area (Å²) in [6.07, 6.45) is 16.3. The maximum absolute atomic E-state index is 3.60. The van der Waals surface area contributed by atoms with Crippen LogP contribution >= 0.6 is 0 Å². The van der Waals surface area contributed by atoms with Crippen molar-refractivity contribution in [3.05, 3.63) is 46.8 Å².